The standard InChI is InChI=1S/C26H23Cl2N3O5/c1-3-35-23-12-17(7-10-22(23)36-26(34)20-9-8-19(27)13-21(20)28)14-30-31-24(32)15-29-25(33)18-6-4-5-16(2)11-18/h4-14H,3,15H2,1-2H3,(H,29,33)(H,31,32). The second-order valence-corrected chi connectivity index (χ2v) is 8.34. The molecule has 186 valence electrons. The van der Waals surface area contributed by atoms with Crippen LogP contribution in [-0.2, 0) is 4.79 Å². The summed E-state index contributed by atoms with van der Waals surface area (Å²) >= 11 is 12.0. The van der Waals surface area contributed by atoms with E-state index in [0.717, 1.165) is 5.56 Å². The molecule has 0 saturated carbocycles. The maximum atomic E-state index is 12.5. The first-order valence-electron chi connectivity index (χ1n) is 10.9. The van der Waals surface area contributed by atoms with Crippen molar-refractivity contribution in [2.45, 2.75) is 13.8 Å². The third kappa shape index (κ3) is 7.56. The number of carbonyl (C=O) groups is 3. The Kier molecular flexibility index (Phi) is 9.44. The maximum Gasteiger partial charge on any atom is 0.345 e. The van der Waals surface area contributed by atoms with Crippen molar-refractivity contribution in [2.24, 2.45) is 5.10 Å². The Balaban J connectivity index is 1.59. The number of amides is 2. The number of hydrazone groups is 1. The van der Waals surface area contributed by atoms with Gasteiger partial charge in [0.1, 0.15) is 0 Å². The lowest BCUT2D eigenvalue weighted by Crippen LogP contribution is -2.34. The van der Waals surface area contributed by atoms with E-state index in [1.54, 1.807) is 37.3 Å². The topological polar surface area (TPSA) is 106 Å². The Morgan fingerprint density at radius 3 is 2.53 bits per heavy atom. The third-order valence-electron chi connectivity index (χ3n) is 4.71. The number of carbonyl (C=O) groups excluding carboxylic acids is 3. The van der Waals surface area contributed by atoms with E-state index in [1.165, 1.54) is 30.5 Å². The molecule has 0 saturated heterocycles. The molecule has 0 radical (unpaired) electrons. The molecule has 0 aliphatic carbocycles. The van der Waals surface area contributed by atoms with Gasteiger partial charge in [0.25, 0.3) is 11.8 Å². The molecule has 0 atom stereocenters. The van der Waals surface area contributed by atoms with Gasteiger partial charge in [0, 0.05) is 10.6 Å². The molecule has 0 spiro atoms. The molecule has 0 aliphatic rings. The van der Waals surface area contributed by atoms with Crippen LogP contribution in [0.15, 0.2) is 65.8 Å². The predicted molar refractivity (Wildman–Crippen MR) is 138 cm³/mol. The number of nitrogens with one attached hydrogen (secondary N) is 2. The smallest absolute Gasteiger partial charge is 0.345 e. The van der Waals surface area contributed by atoms with Crippen LogP contribution in [0.2, 0.25) is 10.0 Å². The second kappa shape index (κ2) is 12.7. The number of hydrogen-bond acceptors (Lipinski definition) is 6. The number of ether oxygens (including phenoxy) is 2. The summed E-state index contributed by atoms with van der Waals surface area (Å²) in [5, 5.41) is 7.00. The maximum absolute atomic E-state index is 12.5. The lowest BCUT2D eigenvalue weighted by atomic mass is 10.1. The first-order chi connectivity index (χ1) is 17.3. The van der Waals surface area contributed by atoms with Gasteiger partial charge < -0.3 is 14.8 Å². The van der Waals surface area contributed by atoms with Crippen LogP contribution in [0.1, 0.15) is 38.8 Å². The lowest BCUT2D eigenvalue weighted by Gasteiger charge is -2.12. The SMILES string of the molecule is CCOc1cc(C=NNC(=O)CNC(=O)c2cccc(C)c2)ccc1OC(=O)c1ccc(Cl)cc1Cl. The van der Waals surface area contributed by atoms with Crippen LogP contribution in [0.4, 0.5) is 0 Å². The minimum Gasteiger partial charge on any atom is -0.490 e. The first-order valence-corrected chi connectivity index (χ1v) is 11.6. The largest absolute Gasteiger partial charge is 0.490 e. The highest BCUT2D eigenvalue weighted by molar-refractivity contribution is 6.36. The van der Waals surface area contributed by atoms with Crippen molar-refractivity contribution in [1.82, 2.24) is 10.7 Å². The van der Waals surface area contributed by atoms with Crippen LogP contribution in [0, 0.1) is 6.92 Å². The van der Waals surface area contributed by atoms with Crippen LogP contribution < -0.4 is 20.2 Å². The van der Waals surface area contributed by atoms with Crippen LogP contribution in [0.5, 0.6) is 11.5 Å². The van der Waals surface area contributed by atoms with E-state index in [1.807, 2.05) is 13.0 Å². The van der Waals surface area contributed by atoms with Gasteiger partial charge >= 0.3 is 5.97 Å². The molecule has 0 aliphatic heterocycles. The average Bonchev–Trinajstić information content (AvgIpc) is 2.84. The number of benzene rings is 3. The number of aryl methyl sites for hydroxylation is 1. The third-order valence-corrected chi connectivity index (χ3v) is 5.26. The van der Waals surface area contributed by atoms with Gasteiger partial charge in [-0.25, -0.2) is 10.2 Å². The van der Waals surface area contributed by atoms with Gasteiger partial charge in [-0.05, 0) is 67.9 Å². The van der Waals surface area contributed by atoms with E-state index >= 15 is 0 Å². The summed E-state index contributed by atoms with van der Waals surface area (Å²) in [6.07, 6.45) is 1.39. The van der Waals surface area contributed by atoms with Crippen molar-refractivity contribution in [3.8, 4) is 11.5 Å². The summed E-state index contributed by atoms with van der Waals surface area (Å²) < 4.78 is 11.0. The number of esters is 1. The van der Waals surface area contributed by atoms with Crippen LogP contribution in [0.3, 0.4) is 0 Å². The molecule has 10 heteroatoms. The monoisotopic (exact) mass is 527 g/mol. The van der Waals surface area contributed by atoms with E-state index in [4.69, 9.17) is 32.7 Å². The normalized spacial score (nSPS) is 10.7. The van der Waals surface area contributed by atoms with Crippen molar-refractivity contribution < 1.29 is 23.9 Å². The molecule has 3 aromatic rings. The first kappa shape index (κ1) is 26.7. The molecule has 8 nitrogen and oxygen atoms in total. The molecule has 0 bridgehead atoms. The summed E-state index contributed by atoms with van der Waals surface area (Å²) in [4.78, 5) is 36.7. The van der Waals surface area contributed by atoms with Crippen LogP contribution in [-0.4, -0.2) is 37.1 Å². The highest BCUT2D eigenvalue weighted by Crippen LogP contribution is 2.30. The number of rotatable bonds is 9. The van der Waals surface area contributed by atoms with E-state index in [9.17, 15) is 14.4 Å². The van der Waals surface area contributed by atoms with Crippen molar-refractivity contribution in [3.63, 3.8) is 0 Å². The summed E-state index contributed by atoms with van der Waals surface area (Å²) in [6.45, 7) is 3.75. The van der Waals surface area contributed by atoms with E-state index in [-0.39, 0.29) is 28.8 Å². The fraction of sp³-hybridized carbons (Fsp3) is 0.154. The Labute approximate surface area is 218 Å². The summed E-state index contributed by atoms with van der Waals surface area (Å²) in [5.41, 5.74) is 4.49. The number of halogens is 2. The van der Waals surface area contributed by atoms with E-state index < -0.39 is 11.9 Å². The molecular weight excluding hydrogens is 505 g/mol. The molecule has 0 aromatic heterocycles. The zero-order chi connectivity index (χ0) is 26.1. The molecule has 2 N–H and O–H groups in total. The summed E-state index contributed by atoms with van der Waals surface area (Å²) in [5.74, 6) is -1.03. The van der Waals surface area contributed by atoms with Crippen molar-refractivity contribution in [3.05, 3.63) is 93.0 Å². The predicted octanol–water partition coefficient (Wildman–Crippen LogP) is 4.80. The van der Waals surface area contributed by atoms with Crippen molar-refractivity contribution in [1.29, 1.82) is 0 Å². The van der Waals surface area contributed by atoms with Gasteiger partial charge in [0.2, 0.25) is 0 Å². The lowest BCUT2D eigenvalue weighted by molar-refractivity contribution is -0.120. The number of hydrogen-bond donors (Lipinski definition) is 2. The summed E-state index contributed by atoms with van der Waals surface area (Å²) in [6, 6.07) is 16.3. The molecular formula is C26H23Cl2N3O5. The Hall–Kier alpha value is -3.88. The fourth-order valence-electron chi connectivity index (χ4n) is 3.03. The highest BCUT2D eigenvalue weighted by Gasteiger charge is 2.16. The Morgan fingerprint density at radius 2 is 1.81 bits per heavy atom. The average molecular weight is 528 g/mol. The molecule has 3 aromatic carbocycles. The molecule has 0 heterocycles. The van der Waals surface area contributed by atoms with Crippen molar-refractivity contribution >= 4 is 47.2 Å². The Bertz CT molecular complexity index is 1310. The van der Waals surface area contributed by atoms with Gasteiger partial charge in [-0.2, -0.15) is 5.10 Å². The summed E-state index contributed by atoms with van der Waals surface area (Å²) in [7, 11) is 0. The van der Waals surface area contributed by atoms with Crippen LogP contribution >= 0.6 is 23.2 Å². The Morgan fingerprint density at radius 1 is 1.00 bits per heavy atom. The molecule has 36 heavy (non-hydrogen) atoms. The van der Waals surface area contributed by atoms with Crippen molar-refractivity contribution in [2.75, 3.05) is 13.2 Å². The molecule has 0 fully saturated rings. The zero-order valence-corrected chi connectivity index (χ0v) is 21.0. The van der Waals surface area contributed by atoms with Gasteiger partial charge in [-0.1, -0.05) is 40.9 Å². The van der Waals surface area contributed by atoms with Crippen LogP contribution in [0.25, 0.3) is 0 Å². The zero-order valence-electron chi connectivity index (χ0n) is 19.5. The number of nitrogens with zero attached hydrogens (tertiary/aromatic N) is 1. The molecule has 2 amide bonds. The van der Waals surface area contributed by atoms with E-state index in [2.05, 4.69) is 15.8 Å². The van der Waals surface area contributed by atoms with Gasteiger partial charge in [0.05, 0.1) is 30.0 Å². The van der Waals surface area contributed by atoms with E-state index in [0.29, 0.717) is 28.5 Å². The van der Waals surface area contributed by atoms with Gasteiger partial charge in [0.15, 0.2) is 11.5 Å². The second-order valence-electron chi connectivity index (χ2n) is 7.50. The molecule has 3 rings (SSSR count). The van der Waals surface area contributed by atoms with Gasteiger partial charge in [-0.3, -0.25) is 9.59 Å². The minimum absolute atomic E-state index is 0.159. The fourth-order valence-corrected chi connectivity index (χ4v) is 3.52. The minimum atomic E-state index is -0.668. The van der Waals surface area contributed by atoms with Gasteiger partial charge in [-0.15, -0.1) is 0 Å². The molecule has 0 unspecified atom stereocenters. The highest BCUT2D eigenvalue weighted by atomic mass is 35.5. The quantitative estimate of drug-likeness (QED) is 0.180.